The van der Waals surface area contributed by atoms with Crippen LogP contribution < -0.4 is 10.4 Å². The Morgan fingerprint density at radius 1 is 1.31 bits per heavy atom. The summed E-state index contributed by atoms with van der Waals surface area (Å²) in [6.45, 7) is 0.423. The monoisotopic (exact) mass is 238 g/mol. The van der Waals surface area contributed by atoms with Crippen LogP contribution in [0.2, 0.25) is 0 Å². The van der Waals surface area contributed by atoms with Gasteiger partial charge in [0.05, 0.1) is 6.61 Å². The lowest BCUT2D eigenvalue weighted by Gasteiger charge is -2.04. The molecule has 0 aliphatic heterocycles. The third kappa shape index (κ3) is 2.36. The molecule has 0 aliphatic carbocycles. The number of para-hydroxylation sites is 1. The number of hydrogen-bond acceptors (Lipinski definition) is 3. The molecular weight excluding hydrogens is 228 g/mol. The molecular formula is C12H11ClO3. The summed E-state index contributed by atoms with van der Waals surface area (Å²) in [5, 5.41) is 0.850. The van der Waals surface area contributed by atoms with Gasteiger partial charge in [0.25, 0.3) is 0 Å². The van der Waals surface area contributed by atoms with Crippen molar-refractivity contribution in [3.05, 3.63) is 40.8 Å². The Bertz CT molecular complexity index is 533. The van der Waals surface area contributed by atoms with Crippen molar-refractivity contribution in [3.8, 4) is 5.75 Å². The van der Waals surface area contributed by atoms with Gasteiger partial charge < -0.3 is 9.15 Å². The van der Waals surface area contributed by atoms with Gasteiger partial charge >= 0.3 is 5.63 Å². The van der Waals surface area contributed by atoms with Gasteiger partial charge in [0.1, 0.15) is 5.58 Å². The molecule has 0 atom stereocenters. The van der Waals surface area contributed by atoms with Crippen LogP contribution in [0.3, 0.4) is 0 Å². The molecule has 2 aromatic rings. The molecule has 2 rings (SSSR count). The van der Waals surface area contributed by atoms with E-state index in [4.69, 9.17) is 20.8 Å². The van der Waals surface area contributed by atoms with E-state index in [1.807, 2.05) is 18.2 Å². The van der Waals surface area contributed by atoms with Crippen molar-refractivity contribution in [2.24, 2.45) is 0 Å². The summed E-state index contributed by atoms with van der Waals surface area (Å²) in [6.07, 6.45) is 0.702. The SMILES string of the molecule is O=c1oc2ccccc2cc1OCCCCl. The van der Waals surface area contributed by atoms with Crippen molar-refractivity contribution in [3.63, 3.8) is 0 Å². The summed E-state index contributed by atoms with van der Waals surface area (Å²) in [5.41, 5.74) is 0.116. The second-order valence-electron chi connectivity index (χ2n) is 3.33. The molecule has 0 spiro atoms. The molecule has 1 aromatic heterocycles. The molecule has 16 heavy (non-hydrogen) atoms. The number of rotatable bonds is 4. The van der Waals surface area contributed by atoms with Gasteiger partial charge in [-0.25, -0.2) is 4.79 Å². The summed E-state index contributed by atoms with van der Waals surface area (Å²) in [6, 6.07) is 9.01. The average molecular weight is 239 g/mol. The van der Waals surface area contributed by atoms with Crippen molar-refractivity contribution >= 4 is 22.6 Å². The molecule has 0 radical (unpaired) electrons. The van der Waals surface area contributed by atoms with Crippen molar-refractivity contribution in [1.82, 2.24) is 0 Å². The van der Waals surface area contributed by atoms with Gasteiger partial charge in [-0.1, -0.05) is 18.2 Å². The summed E-state index contributed by atoms with van der Waals surface area (Å²) >= 11 is 5.52. The molecule has 0 saturated heterocycles. The fraction of sp³-hybridized carbons (Fsp3) is 0.250. The van der Waals surface area contributed by atoms with Gasteiger partial charge in [0.15, 0.2) is 0 Å². The molecule has 1 heterocycles. The molecule has 1 aromatic carbocycles. The standard InChI is InChI=1S/C12H11ClO3/c13-6-3-7-15-11-8-9-4-1-2-5-10(9)16-12(11)14/h1-2,4-5,8H,3,6-7H2. The van der Waals surface area contributed by atoms with E-state index in [-0.39, 0.29) is 5.75 Å². The highest BCUT2D eigenvalue weighted by Gasteiger charge is 2.05. The normalized spacial score (nSPS) is 10.6. The lowest BCUT2D eigenvalue weighted by atomic mass is 10.2. The average Bonchev–Trinajstić information content (AvgIpc) is 2.30. The van der Waals surface area contributed by atoms with E-state index < -0.39 is 5.63 Å². The molecule has 0 saturated carbocycles. The maximum absolute atomic E-state index is 11.5. The van der Waals surface area contributed by atoms with Gasteiger partial charge in [-0.05, 0) is 18.6 Å². The van der Waals surface area contributed by atoms with Crippen LogP contribution in [-0.2, 0) is 0 Å². The third-order valence-corrected chi connectivity index (χ3v) is 2.41. The van der Waals surface area contributed by atoms with Crippen molar-refractivity contribution in [2.45, 2.75) is 6.42 Å². The number of halogens is 1. The van der Waals surface area contributed by atoms with E-state index in [0.29, 0.717) is 24.5 Å². The topological polar surface area (TPSA) is 39.4 Å². The second kappa shape index (κ2) is 5.03. The first-order chi connectivity index (χ1) is 7.81. The van der Waals surface area contributed by atoms with Crippen LogP contribution in [0.1, 0.15) is 6.42 Å². The van der Waals surface area contributed by atoms with Crippen LogP contribution in [0.15, 0.2) is 39.5 Å². The Morgan fingerprint density at radius 2 is 2.12 bits per heavy atom. The number of fused-ring (bicyclic) bond motifs is 1. The van der Waals surface area contributed by atoms with Crippen molar-refractivity contribution in [1.29, 1.82) is 0 Å². The second-order valence-corrected chi connectivity index (χ2v) is 3.70. The summed E-state index contributed by atoms with van der Waals surface area (Å²) < 4.78 is 10.4. The van der Waals surface area contributed by atoms with E-state index in [0.717, 1.165) is 5.39 Å². The van der Waals surface area contributed by atoms with E-state index in [1.54, 1.807) is 12.1 Å². The molecule has 0 fully saturated rings. The fourth-order valence-corrected chi connectivity index (χ4v) is 1.49. The molecule has 0 N–H and O–H groups in total. The van der Waals surface area contributed by atoms with Crippen LogP contribution in [0.5, 0.6) is 5.75 Å². The van der Waals surface area contributed by atoms with Crippen LogP contribution in [0, 0.1) is 0 Å². The van der Waals surface area contributed by atoms with Gasteiger partial charge in [0.2, 0.25) is 5.75 Å². The van der Waals surface area contributed by atoms with E-state index >= 15 is 0 Å². The Labute approximate surface area is 97.6 Å². The Morgan fingerprint density at radius 3 is 2.94 bits per heavy atom. The first kappa shape index (κ1) is 11.0. The molecule has 3 nitrogen and oxygen atoms in total. The van der Waals surface area contributed by atoms with Crippen LogP contribution >= 0.6 is 11.6 Å². The first-order valence-electron chi connectivity index (χ1n) is 5.03. The lowest BCUT2D eigenvalue weighted by molar-refractivity contribution is 0.303. The number of benzene rings is 1. The van der Waals surface area contributed by atoms with Gasteiger partial charge in [-0.15, -0.1) is 11.6 Å². The highest BCUT2D eigenvalue weighted by Crippen LogP contribution is 2.16. The van der Waals surface area contributed by atoms with Crippen LogP contribution in [0.4, 0.5) is 0 Å². The third-order valence-electron chi connectivity index (χ3n) is 2.14. The molecule has 0 amide bonds. The smallest absolute Gasteiger partial charge is 0.379 e. The minimum Gasteiger partial charge on any atom is -0.486 e. The zero-order chi connectivity index (χ0) is 11.4. The quantitative estimate of drug-likeness (QED) is 0.467. The zero-order valence-electron chi connectivity index (χ0n) is 8.61. The minimum atomic E-state index is -0.451. The lowest BCUT2D eigenvalue weighted by Crippen LogP contribution is -2.08. The predicted octanol–water partition coefficient (Wildman–Crippen LogP) is 2.80. The van der Waals surface area contributed by atoms with Crippen molar-refractivity contribution in [2.75, 3.05) is 12.5 Å². The maximum atomic E-state index is 11.5. The summed E-state index contributed by atoms with van der Waals surface area (Å²) in [7, 11) is 0. The molecule has 0 aliphatic rings. The Hall–Kier alpha value is -1.48. The van der Waals surface area contributed by atoms with Crippen LogP contribution in [0.25, 0.3) is 11.0 Å². The highest BCUT2D eigenvalue weighted by molar-refractivity contribution is 6.17. The van der Waals surface area contributed by atoms with Crippen molar-refractivity contribution < 1.29 is 9.15 Å². The summed E-state index contributed by atoms with van der Waals surface area (Å²) in [4.78, 5) is 11.5. The Kier molecular flexibility index (Phi) is 3.47. The molecule has 0 unspecified atom stereocenters. The van der Waals surface area contributed by atoms with Gasteiger partial charge in [-0.3, -0.25) is 0 Å². The van der Waals surface area contributed by atoms with E-state index in [9.17, 15) is 4.79 Å². The zero-order valence-corrected chi connectivity index (χ0v) is 9.37. The van der Waals surface area contributed by atoms with E-state index in [2.05, 4.69) is 0 Å². The first-order valence-corrected chi connectivity index (χ1v) is 5.56. The molecule has 0 bridgehead atoms. The van der Waals surface area contributed by atoms with Crippen LogP contribution in [-0.4, -0.2) is 12.5 Å². The molecule has 84 valence electrons. The Balaban J connectivity index is 2.31. The molecule has 4 heteroatoms. The fourth-order valence-electron chi connectivity index (χ4n) is 1.38. The van der Waals surface area contributed by atoms with Gasteiger partial charge in [0, 0.05) is 11.3 Å². The maximum Gasteiger partial charge on any atom is 0.379 e. The number of alkyl halides is 1. The highest BCUT2D eigenvalue weighted by atomic mass is 35.5. The number of hydrogen-bond donors (Lipinski definition) is 0. The number of ether oxygens (including phenoxy) is 1. The minimum absolute atomic E-state index is 0.240. The van der Waals surface area contributed by atoms with Gasteiger partial charge in [-0.2, -0.15) is 0 Å². The summed E-state index contributed by atoms with van der Waals surface area (Å²) in [5.74, 6) is 0.752. The predicted molar refractivity (Wildman–Crippen MR) is 63.3 cm³/mol. The largest absolute Gasteiger partial charge is 0.486 e. The van der Waals surface area contributed by atoms with E-state index in [1.165, 1.54) is 0 Å².